The summed E-state index contributed by atoms with van der Waals surface area (Å²) in [5.41, 5.74) is 7.88. The van der Waals surface area contributed by atoms with Crippen molar-refractivity contribution in [3.8, 4) is 0 Å². The molecule has 0 spiro atoms. The van der Waals surface area contributed by atoms with Gasteiger partial charge in [-0.05, 0) is 43.2 Å². The maximum Gasteiger partial charge on any atom is 0.128 e. The maximum absolute atomic E-state index is 14.2. The zero-order valence-corrected chi connectivity index (χ0v) is 12.9. The molecule has 20 heavy (non-hydrogen) atoms. The number of hydrogen-bond donors (Lipinski definition) is 1. The molecule has 1 aliphatic heterocycles. The molecule has 0 aromatic heterocycles. The summed E-state index contributed by atoms with van der Waals surface area (Å²) in [5, 5.41) is 0. The van der Waals surface area contributed by atoms with Crippen molar-refractivity contribution in [2.75, 3.05) is 18.0 Å². The van der Waals surface area contributed by atoms with Crippen LogP contribution in [-0.4, -0.2) is 19.1 Å². The maximum atomic E-state index is 14.2. The van der Waals surface area contributed by atoms with Gasteiger partial charge in [0.15, 0.2) is 0 Å². The second-order valence-corrected chi connectivity index (χ2v) is 6.30. The van der Waals surface area contributed by atoms with Crippen molar-refractivity contribution < 1.29 is 4.39 Å². The van der Waals surface area contributed by atoms with E-state index in [9.17, 15) is 4.39 Å². The van der Waals surface area contributed by atoms with Gasteiger partial charge in [0, 0.05) is 30.4 Å². The number of benzene rings is 1. The standard InChI is InChI=1S/C17H27FN2/c1-4-14(19)10-15-16(18)6-5-7-17(15)20-9-8-12(2)13(3)11-20/h5-7,12-14H,4,8-11,19H2,1-3H3. The van der Waals surface area contributed by atoms with Crippen LogP contribution in [0.25, 0.3) is 0 Å². The molecule has 1 aliphatic rings. The second-order valence-electron chi connectivity index (χ2n) is 6.30. The molecule has 0 amide bonds. The normalized spacial score (nSPS) is 24.8. The first-order valence-electron chi connectivity index (χ1n) is 7.80. The molecule has 0 saturated carbocycles. The number of hydrogen-bond acceptors (Lipinski definition) is 2. The van der Waals surface area contributed by atoms with E-state index < -0.39 is 0 Å². The molecule has 0 bridgehead atoms. The van der Waals surface area contributed by atoms with Gasteiger partial charge < -0.3 is 10.6 Å². The molecule has 112 valence electrons. The van der Waals surface area contributed by atoms with Crippen LogP contribution < -0.4 is 10.6 Å². The molecule has 1 fully saturated rings. The monoisotopic (exact) mass is 278 g/mol. The van der Waals surface area contributed by atoms with Crippen LogP contribution in [0.5, 0.6) is 0 Å². The fourth-order valence-corrected chi connectivity index (χ4v) is 2.93. The van der Waals surface area contributed by atoms with Gasteiger partial charge in [-0.25, -0.2) is 4.39 Å². The molecule has 3 unspecified atom stereocenters. The second kappa shape index (κ2) is 6.57. The molecular weight excluding hydrogens is 251 g/mol. The molecule has 1 aromatic carbocycles. The Morgan fingerprint density at radius 1 is 1.35 bits per heavy atom. The minimum Gasteiger partial charge on any atom is -0.371 e. The van der Waals surface area contributed by atoms with Gasteiger partial charge in [0.05, 0.1) is 0 Å². The van der Waals surface area contributed by atoms with Crippen molar-refractivity contribution in [1.29, 1.82) is 0 Å². The summed E-state index contributed by atoms with van der Waals surface area (Å²) in [4.78, 5) is 2.34. The van der Waals surface area contributed by atoms with Gasteiger partial charge in [-0.3, -0.25) is 0 Å². The first-order chi connectivity index (χ1) is 9.52. The first kappa shape index (κ1) is 15.3. The van der Waals surface area contributed by atoms with Gasteiger partial charge in [-0.15, -0.1) is 0 Å². The van der Waals surface area contributed by atoms with Gasteiger partial charge in [-0.1, -0.05) is 26.8 Å². The fourth-order valence-electron chi connectivity index (χ4n) is 2.93. The Kier molecular flexibility index (Phi) is 5.03. The average molecular weight is 278 g/mol. The molecule has 1 aromatic rings. The Balaban J connectivity index is 2.24. The van der Waals surface area contributed by atoms with Crippen LogP contribution >= 0.6 is 0 Å². The predicted octanol–water partition coefficient (Wildman–Crippen LogP) is 3.59. The van der Waals surface area contributed by atoms with Gasteiger partial charge in [0.1, 0.15) is 5.82 Å². The molecule has 0 radical (unpaired) electrons. The van der Waals surface area contributed by atoms with E-state index in [2.05, 4.69) is 25.7 Å². The summed E-state index contributed by atoms with van der Waals surface area (Å²) >= 11 is 0. The van der Waals surface area contributed by atoms with E-state index in [0.717, 1.165) is 36.7 Å². The topological polar surface area (TPSA) is 29.3 Å². The van der Waals surface area contributed by atoms with E-state index in [4.69, 9.17) is 5.73 Å². The lowest BCUT2D eigenvalue weighted by Gasteiger charge is -2.38. The van der Waals surface area contributed by atoms with Crippen molar-refractivity contribution in [2.45, 2.75) is 46.1 Å². The van der Waals surface area contributed by atoms with Crippen LogP contribution in [0.4, 0.5) is 10.1 Å². The summed E-state index contributed by atoms with van der Waals surface area (Å²) in [6, 6.07) is 5.45. The summed E-state index contributed by atoms with van der Waals surface area (Å²) < 4.78 is 14.2. The Labute approximate surface area is 122 Å². The van der Waals surface area contributed by atoms with E-state index >= 15 is 0 Å². The van der Waals surface area contributed by atoms with Gasteiger partial charge in [-0.2, -0.15) is 0 Å². The Hall–Kier alpha value is -1.09. The SMILES string of the molecule is CCC(N)Cc1c(F)cccc1N1CCC(C)C(C)C1. The van der Waals surface area contributed by atoms with Crippen molar-refractivity contribution in [3.63, 3.8) is 0 Å². The quantitative estimate of drug-likeness (QED) is 0.912. The Morgan fingerprint density at radius 2 is 2.10 bits per heavy atom. The van der Waals surface area contributed by atoms with Crippen molar-refractivity contribution in [2.24, 2.45) is 17.6 Å². The van der Waals surface area contributed by atoms with Crippen LogP contribution in [0.3, 0.4) is 0 Å². The van der Waals surface area contributed by atoms with E-state index in [1.54, 1.807) is 6.07 Å². The number of nitrogens with two attached hydrogens (primary N) is 1. The predicted molar refractivity (Wildman–Crippen MR) is 83.5 cm³/mol. The number of anilines is 1. The summed E-state index contributed by atoms with van der Waals surface area (Å²) in [5.74, 6) is 1.29. The number of nitrogens with zero attached hydrogens (tertiary/aromatic N) is 1. The van der Waals surface area contributed by atoms with Crippen molar-refractivity contribution >= 4 is 5.69 Å². The highest BCUT2D eigenvalue weighted by Crippen LogP contribution is 2.31. The number of piperidine rings is 1. The third-order valence-corrected chi connectivity index (χ3v) is 4.76. The number of halogens is 1. The highest BCUT2D eigenvalue weighted by atomic mass is 19.1. The van der Waals surface area contributed by atoms with Gasteiger partial charge in [0.25, 0.3) is 0 Å². The summed E-state index contributed by atoms with van der Waals surface area (Å²) in [6.45, 7) is 8.67. The van der Waals surface area contributed by atoms with E-state index in [1.807, 2.05) is 12.1 Å². The highest BCUT2D eigenvalue weighted by Gasteiger charge is 2.25. The number of rotatable bonds is 4. The molecule has 0 aliphatic carbocycles. The van der Waals surface area contributed by atoms with Crippen LogP contribution in [0.1, 0.15) is 39.2 Å². The third kappa shape index (κ3) is 3.32. The fraction of sp³-hybridized carbons (Fsp3) is 0.647. The molecule has 3 heteroatoms. The molecule has 1 saturated heterocycles. The zero-order chi connectivity index (χ0) is 14.7. The Morgan fingerprint density at radius 3 is 2.75 bits per heavy atom. The molecule has 2 nitrogen and oxygen atoms in total. The van der Waals surface area contributed by atoms with Crippen LogP contribution in [0, 0.1) is 17.7 Å². The zero-order valence-electron chi connectivity index (χ0n) is 12.9. The highest BCUT2D eigenvalue weighted by molar-refractivity contribution is 5.55. The van der Waals surface area contributed by atoms with E-state index in [1.165, 1.54) is 6.42 Å². The van der Waals surface area contributed by atoms with Gasteiger partial charge >= 0.3 is 0 Å². The van der Waals surface area contributed by atoms with Crippen molar-refractivity contribution in [3.05, 3.63) is 29.6 Å². The largest absolute Gasteiger partial charge is 0.371 e. The molecule has 1 heterocycles. The minimum absolute atomic E-state index is 0.0341. The third-order valence-electron chi connectivity index (χ3n) is 4.76. The lowest BCUT2D eigenvalue weighted by Crippen LogP contribution is -2.39. The molecular formula is C17H27FN2. The van der Waals surface area contributed by atoms with Crippen LogP contribution in [0.2, 0.25) is 0 Å². The first-order valence-corrected chi connectivity index (χ1v) is 7.80. The lowest BCUT2D eigenvalue weighted by molar-refractivity contribution is 0.323. The van der Waals surface area contributed by atoms with Crippen LogP contribution in [-0.2, 0) is 6.42 Å². The van der Waals surface area contributed by atoms with E-state index in [-0.39, 0.29) is 11.9 Å². The minimum atomic E-state index is -0.113. The van der Waals surface area contributed by atoms with Crippen LogP contribution in [0.15, 0.2) is 18.2 Å². The van der Waals surface area contributed by atoms with E-state index in [0.29, 0.717) is 12.3 Å². The smallest absolute Gasteiger partial charge is 0.128 e. The van der Waals surface area contributed by atoms with Gasteiger partial charge in [0.2, 0.25) is 0 Å². The van der Waals surface area contributed by atoms with Crippen molar-refractivity contribution in [1.82, 2.24) is 0 Å². The molecule has 3 atom stereocenters. The average Bonchev–Trinajstić information content (AvgIpc) is 2.44. The lowest BCUT2D eigenvalue weighted by atomic mass is 9.88. The Bertz CT molecular complexity index is 447. The molecule has 2 rings (SSSR count). The summed E-state index contributed by atoms with van der Waals surface area (Å²) in [7, 11) is 0. The molecule has 2 N–H and O–H groups in total. The summed E-state index contributed by atoms with van der Waals surface area (Å²) in [6.07, 6.45) is 2.68.